The molecule has 2 fully saturated rings. The van der Waals surface area contributed by atoms with Gasteiger partial charge in [-0.05, 0) is 62.1 Å². The molecular formula is C23H34FNO2. The van der Waals surface area contributed by atoms with E-state index in [2.05, 4.69) is 6.92 Å². The maximum Gasteiger partial charge on any atom is 0.226 e. The lowest BCUT2D eigenvalue weighted by Gasteiger charge is -2.33. The number of carbonyl (C=O) groups excluding carboxylic acids is 1. The van der Waals surface area contributed by atoms with Gasteiger partial charge < -0.3 is 9.64 Å². The van der Waals surface area contributed by atoms with Crippen molar-refractivity contribution in [2.45, 2.75) is 77.4 Å². The summed E-state index contributed by atoms with van der Waals surface area (Å²) in [5, 5.41) is 0. The molecule has 1 aromatic rings. The predicted molar refractivity (Wildman–Crippen MR) is 106 cm³/mol. The van der Waals surface area contributed by atoms with Crippen LogP contribution < -0.4 is 0 Å². The molecule has 3 nitrogen and oxygen atoms in total. The molecule has 4 heteroatoms. The summed E-state index contributed by atoms with van der Waals surface area (Å²) in [5.41, 5.74) is 0.986. The van der Waals surface area contributed by atoms with E-state index >= 15 is 0 Å². The molecular weight excluding hydrogens is 341 g/mol. The number of carbonyl (C=O) groups is 1. The smallest absolute Gasteiger partial charge is 0.226 e. The van der Waals surface area contributed by atoms with E-state index in [4.69, 9.17) is 4.74 Å². The maximum atomic E-state index is 13.3. The molecule has 0 N–H and O–H groups in total. The molecule has 1 heterocycles. The van der Waals surface area contributed by atoms with Crippen LogP contribution in [0.5, 0.6) is 0 Å². The summed E-state index contributed by atoms with van der Waals surface area (Å²) in [6.45, 7) is 4.25. The second kappa shape index (κ2) is 10.2. The summed E-state index contributed by atoms with van der Waals surface area (Å²) in [4.78, 5) is 15.2. The molecule has 1 saturated heterocycles. The summed E-state index contributed by atoms with van der Waals surface area (Å²) in [6, 6.07) is 6.52. The molecule has 1 atom stereocenters. The largest absolute Gasteiger partial charge is 0.376 e. The van der Waals surface area contributed by atoms with Crippen molar-refractivity contribution >= 4 is 5.91 Å². The third-order valence-corrected chi connectivity index (χ3v) is 6.21. The number of nitrogens with zero attached hydrogens (tertiary/aromatic N) is 1. The van der Waals surface area contributed by atoms with Crippen LogP contribution in [0, 0.1) is 17.7 Å². The zero-order chi connectivity index (χ0) is 19.1. The van der Waals surface area contributed by atoms with Crippen molar-refractivity contribution in [1.29, 1.82) is 0 Å². The first-order chi connectivity index (χ1) is 13.2. The Bertz CT molecular complexity index is 575. The first-order valence-corrected chi connectivity index (χ1v) is 10.8. The van der Waals surface area contributed by atoms with Gasteiger partial charge in [-0.15, -0.1) is 0 Å². The Morgan fingerprint density at radius 2 is 1.89 bits per heavy atom. The fourth-order valence-corrected chi connectivity index (χ4v) is 4.53. The Kier molecular flexibility index (Phi) is 7.69. The average molecular weight is 376 g/mol. The third kappa shape index (κ3) is 6.03. The van der Waals surface area contributed by atoms with Gasteiger partial charge in [-0.1, -0.05) is 38.3 Å². The van der Waals surface area contributed by atoms with Gasteiger partial charge in [0.2, 0.25) is 5.91 Å². The van der Waals surface area contributed by atoms with Crippen molar-refractivity contribution in [2.75, 3.05) is 13.2 Å². The average Bonchev–Trinajstić information content (AvgIpc) is 3.20. The standard InChI is InChI=1S/C23H34FNO2/c1-2-3-5-18-7-11-20(12-8-18)23(26)25(17-22-6-4-15-27-22)16-19-9-13-21(24)14-10-19/h9-10,13-14,18,20,22H,2-8,11-12,15-17H2,1H3. The zero-order valence-corrected chi connectivity index (χ0v) is 16.7. The molecule has 1 aliphatic heterocycles. The highest BCUT2D eigenvalue weighted by atomic mass is 19.1. The number of amides is 1. The van der Waals surface area contributed by atoms with E-state index in [9.17, 15) is 9.18 Å². The molecule has 3 rings (SSSR count). The molecule has 1 saturated carbocycles. The lowest BCUT2D eigenvalue weighted by Crippen LogP contribution is -2.41. The molecule has 27 heavy (non-hydrogen) atoms. The van der Waals surface area contributed by atoms with Crippen LogP contribution in [0.25, 0.3) is 0 Å². The summed E-state index contributed by atoms with van der Waals surface area (Å²) >= 11 is 0. The molecule has 0 aromatic heterocycles. The van der Waals surface area contributed by atoms with Crippen LogP contribution in [-0.2, 0) is 16.1 Å². The fourth-order valence-electron chi connectivity index (χ4n) is 4.53. The molecule has 150 valence electrons. The number of rotatable bonds is 8. The van der Waals surface area contributed by atoms with Crippen molar-refractivity contribution in [2.24, 2.45) is 11.8 Å². The van der Waals surface area contributed by atoms with Gasteiger partial charge in [0.1, 0.15) is 5.82 Å². The monoisotopic (exact) mass is 375 g/mol. The first kappa shape index (κ1) is 20.3. The van der Waals surface area contributed by atoms with Gasteiger partial charge in [0.25, 0.3) is 0 Å². The summed E-state index contributed by atoms with van der Waals surface area (Å²) in [7, 11) is 0. The van der Waals surface area contributed by atoms with Crippen LogP contribution >= 0.6 is 0 Å². The van der Waals surface area contributed by atoms with E-state index in [0.29, 0.717) is 13.1 Å². The number of hydrogen-bond acceptors (Lipinski definition) is 2. The number of benzene rings is 1. The molecule has 1 amide bonds. The van der Waals surface area contributed by atoms with Gasteiger partial charge in [0.05, 0.1) is 6.10 Å². The lowest BCUT2D eigenvalue weighted by atomic mass is 9.79. The Balaban J connectivity index is 1.60. The predicted octanol–water partition coefficient (Wildman–Crippen LogP) is 5.33. The molecule has 1 aromatic carbocycles. The van der Waals surface area contributed by atoms with Crippen molar-refractivity contribution in [3.8, 4) is 0 Å². The fraction of sp³-hybridized carbons (Fsp3) is 0.696. The van der Waals surface area contributed by atoms with E-state index in [0.717, 1.165) is 43.8 Å². The number of halogens is 1. The highest BCUT2D eigenvalue weighted by Gasteiger charge is 2.31. The van der Waals surface area contributed by atoms with Gasteiger partial charge in [0.15, 0.2) is 0 Å². The highest BCUT2D eigenvalue weighted by molar-refractivity contribution is 5.79. The minimum absolute atomic E-state index is 0.143. The van der Waals surface area contributed by atoms with Gasteiger partial charge >= 0.3 is 0 Å². The molecule has 0 spiro atoms. The second-order valence-electron chi connectivity index (χ2n) is 8.34. The summed E-state index contributed by atoms with van der Waals surface area (Å²) in [5.74, 6) is 0.979. The van der Waals surface area contributed by atoms with Crippen molar-refractivity contribution in [3.63, 3.8) is 0 Å². The van der Waals surface area contributed by atoms with Crippen LogP contribution in [0.3, 0.4) is 0 Å². The van der Waals surface area contributed by atoms with E-state index in [1.54, 1.807) is 12.1 Å². The lowest BCUT2D eigenvalue weighted by molar-refractivity contribution is -0.139. The summed E-state index contributed by atoms with van der Waals surface area (Å²) < 4.78 is 19.0. The Morgan fingerprint density at radius 1 is 1.15 bits per heavy atom. The molecule has 2 aliphatic rings. The van der Waals surface area contributed by atoms with Gasteiger partial charge in [-0.3, -0.25) is 4.79 Å². The summed E-state index contributed by atoms with van der Waals surface area (Å²) in [6.07, 6.45) is 10.5. The minimum Gasteiger partial charge on any atom is -0.376 e. The van der Waals surface area contributed by atoms with E-state index in [1.807, 2.05) is 4.90 Å². The van der Waals surface area contributed by atoms with Gasteiger partial charge in [-0.2, -0.15) is 0 Å². The van der Waals surface area contributed by atoms with E-state index < -0.39 is 0 Å². The van der Waals surface area contributed by atoms with Gasteiger partial charge in [0, 0.05) is 25.6 Å². The van der Waals surface area contributed by atoms with Crippen molar-refractivity contribution in [3.05, 3.63) is 35.6 Å². The van der Waals surface area contributed by atoms with E-state index in [-0.39, 0.29) is 23.7 Å². The van der Waals surface area contributed by atoms with Crippen molar-refractivity contribution < 1.29 is 13.9 Å². The van der Waals surface area contributed by atoms with Crippen LogP contribution in [0.2, 0.25) is 0 Å². The molecule has 0 radical (unpaired) electrons. The Morgan fingerprint density at radius 3 is 2.52 bits per heavy atom. The third-order valence-electron chi connectivity index (χ3n) is 6.21. The van der Waals surface area contributed by atoms with Crippen molar-refractivity contribution in [1.82, 2.24) is 4.90 Å². The topological polar surface area (TPSA) is 29.5 Å². The first-order valence-electron chi connectivity index (χ1n) is 10.8. The molecule has 1 aliphatic carbocycles. The Labute approximate surface area is 163 Å². The SMILES string of the molecule is CCCCC1CCC(C(=O)N(Cc2ccc(F)cc2)CC2CCCO2)CC1. The van der Waals surface area contributed by atoms with Gasteiger partial charge in [-0.25, -0.2) is 4.39 Å². The zero-order valence-electron chi connectivity index (χ0n) is 16.7. The molecule has 1 unspecified atom stereocenters. The number of unbranched alkanes of at least 4 members (excludes halogenated alkanes) is 1. The maximum absolute atomic E-state index is 13.3. The Hall–Kier alpha value is -1.42. The second-order valence-corrected chi connectivity index (χ2v) is 8.34. The van der Waals surface area contributed by atoms with E-state index in [1.165, 1.54) is 44.2 Å². The van der Waals surface area contributed by atoms with Crippen LogP contribution in [0.4, 0.5) is 4.39 Å². The highest BCUT2D eigenvalue weighted by Crippen LogP contribution is 2.33. The normalized spacial score (nSPS) is 25.5. The minimum atomic E-state index is -0.235. The quantitative estimate of drug-likeness (QED) is 0.614. The van der Waals surface area contributed by atoms with Crippen LogP contribution in [-0.4, -0.2) is 30.1 Å². The number of hydrogen-bond donors (Lipinski definition) is 0. The van der Waals surface area contributed by atoms with Crippen LogP contribution in [0.15, 0.2) is 24.3 Å². The number of ether oxygens (including phenoxy) is 1. The van der Waals surface area contributed by atoms with Crippen LogP contribution in [0.1, 0.15) is 70.3 Å². The molecule has 0 bridgehead atoms.